The zero-order chi connectivity index (χ0) is 14.7. The minimum absolute atomic E-state index is 0.115. The molecule has 0 atom stereocenters. The monoisotopic (exact) mass is 294 g/mol. The zero-order valence-corrected chi connectivity index (χ0v) is 11.4. The summed E-state index contributed by atoms with van der Waals surface area (Å²) in [5.41, 5.74) is 1.42. The van der Waals surface area contributed by atoms with Gasteiger partial charge in [-0.1, -0.05) is 11.6 Å². The van der Waals surface area contributed by atoms with Crippen molar-refractivity contribution in [3.63, 3.8) is 0 Å². The van der Waals surface area contributed by atoms with Crippen molar-refractivity contribution in [2.45, 2.75) is 13.5 Å². The van der Waals surface area contributed by atoms with Crippen LogP contribution in [0.15, 0.2) is 36.4 Å². The Kier molecular flexibility index (Phi) is 4.25. The summed E-state index contributed by atoms with van der Waals surface area (Å²) in [6.07, 6.45) is 0. The number of benzene rings is 2. The van der Waals surface area contributed by atoms with E-state index in [0.29, 0.717) is 21.9 Å². The molecule has 3 nitrogen and oxygen atoms in total. The third-order valence-electron chi connectivity index (χ3n) is 2.81. The Morgan fingerprint density at radius 3 is 2.70 bits per heavy atom. The second kappa shape index (κ2) is 5.92. The minimum atomic E-state index is -0.993. The van der Waals surface area contributed by atoms with Gasteiger partial charge in [0.25, 0.3) is 0 Å². The van der Waals surface area contributed by atoms with Crippen LogP contribution in [0.3, 0.4) is 0 Å². The van der Waals surface area contributed by atoms with Gasteiger partial charge in [-0.25, -0.2) is 9.18 Å². The van der Waals surface area contributed by atoms with Gasteiger partial charge in [0.1, 0.15) is 18.2 Å². The van der Waals surface area contributed by atoms with Crippen LogP contribution in [0.4, 0.5) is 4.39 Å². The summed E-state index contributed by atoms with van der Waals surface area (Å²) in [7, 11) is 0. The Balaban J connectivity index is 2.15. The maximum atomic E-state index is 13.1. The Bertz CT molecular complexity index is 656. The Morgan fingerprint density at radius 2 is 2.05 bits per heavy atom. The summed E-state index contributed by atoms with van der Waals surface area (Å²) in [6.45, 7) is 1.86. The van der Waals surface area contributed by atoms with E-state index in [1.807, 2.05) is 0 Å². The first-order chi connectivity index (χ1) is 9.47. The van der Waals surface area contributed by atoms with Crippen molar-refractivity contribution < 1.29 is 19.0 Å². The van der Waals surface area contributed by atoms with Gasteiger partial charge in [0.05, 0.1) is 5.56 Å². The summed E-state index contributed by atoms with van der Waals surface area (Å²) < 4.78 is 18.7. The van der Waals surface area contributed by atoms with Crippen molar-refractivity contribution in [1.82, 2.24) is 0 Å². The van der Waals surface area contributed by atoms with E-state index in [1.54, 1.807) is 13.0 Å². The molecule has 2 aromatic carbocycles. The standard InChI is InChI=1S/C15H12ClFO3/c1-9-6-10(15(18)19)2-5-14(9)20-8-11-7-12(17)3-4-13(11)16/h2-7H,8H2,1H3,(H,18,19). The van der Waals surface area contributed by atoms with Gasteiger partial charge in [-0.2, -0.15) is 0 Å². The van der Waals surface area contributed by atoms with Crippen molar-refractivity contribution in [1.29, 1.82) is 0 Å². The highest BCUT2D eigenvalue weighted by molar-refractivity contribution is 6.31. The van der Waals surface area contributed by atoms with Crippen molar-refractivity contribution in [2.75, 3.05) is 0 Å². The van der Waals surface area contributed by atoms with E-state index < -0.39 is 5.97 Å². The van der Waals surface area contributed by atoms with E-state index in [0.717, 1.165) is 0 Å². The van der Waals surface area contributed by atoms with Crippen LogP contribution >= 0.6 is 11.6 Å². The molecule has 2 aromatic rings. The van der Waals surface area contributed by atoms with E-state index in [9.17, 15) is 9.18 Å². The lowest BCUT2D eigenvalue weighted by molar-refractivity contribution is 0.0696. The molecular weight excluding hydrogens is 283 g/mol. The number of ether oxygens (including phenoxy) is 1. The van der Waals surface area contributed by atoms with Gasteiger partial charge in [0.2, 0.25) is 0 Å². The maximum Gasteiger partial charge on any atom is 0.335 e. The van der Waals surface area contributed by atoms with Crippen LogP contribution in [0, 0.1) is 12.7 Å². The van der Waals surface area contributed by atoms with Crippen LogP contribution < -0.4 is 4.74 Å². The number of aryl methyl sites for hydroxylation is 1. The van der Waals surface area contributed by atoms with Crippen molar-refractivity contribution >= 4 is 17.6 Å². The average Bonchev–Trinajstić information content (AvgIpc) is 2.40. The second-order valence-corrected chi connectivity index (χ2v) is 4.72. The number of hydrogen-bond acceptors (Lipinski definition) is 2. The SMILES string of the molecule is Cc1cc(C(=O)O)ccc1OCc1cc(F)ccc1Cl. The van der Waals surface area contributed by atoms with Gasteiger partial charge >= 0.3 is 5.97 Å². The average molecular weight is 295 g/mol. The molecule has 0 unspecified atom stereocenters. The molecule has 0 aliphatic heterocycles. The molecule has 1 N–H and O–H groups in total. The molecule has 0 aromatic heterocycles. The highest BCUT2D eigenvalue weighted by atomic mass is 35.5. The number of carboxylic acid groups (broad SMARTS) is 1. The van der Waals surface area contributed by atoms with Gasteiger partial charge in [-0.3, -0.25) is 0 Å². The number of carboxylic acids is 1. The molecular formula is C15H12ClFO3. The van der Waals surface area contributed by atoms with E-state index >= 15 is 0 Å². The molecule has 2 rings (SSSR count). The molecule has 5 heteroatoms. The van der Waals surface area contributed by atoms with Crippen molar-refractivity contribution in [3.8, 4) is 5.75 Å². The summed E-state index contributed by atoms with van der Waals surface area (Å²) in [4.78, 5) is 10.8. The van der Waals surface area contributed by atoms with E-state index in [1.165, 1.54) is 30.3 Å². The molecule has 0 saturated heterocycles. The van der Waals surface area contributed by atoms with E-state index in [2.05, 4.69) is 0 Å². The molecule has 0 radical (unpaired) electrons. The first-order valence-corrected chi connectivity index (χ1v) is 6.26. The third kappa shape index (κ3) is 3.27. The molecule has 0 bridgehead atoms. The Morgan fingerprint density at radius 1 is 1.30 bits per heavy atom. The molecule has 0 fully saturated rings. The first kappa shape index (κ1) is 14.3. The molecule has 0 saturated carbocycles. The summed E-state index contributed by atoms with van der Waals surface area (Å²) >= 11 is 5.94. The summed E-state index contributed by atoms with van der Waals surface area (Å²) in [5.74, 6) is -0.839. The van der Waals surface area contributed by atoms with Crippen LogP contribution in [0.2, 0.25) is 5.02 Å². The quantitative estimate of drug-likeness (QED) is 0.925. The summed E-state index contributed by atoms with van der Waals surface area (Å²) in [6, 6.07) is 8.60. The molecule has 0 aliphatic rings. The van der Waals surface area contributed by atoms with Crippen LogP contribution in [-0.4, -0.2) is 11.1 Å². The first-order valence-electron chi connectivity index (χ1n) is 5.88. The summed E-state index contributed by atoms with van der Waals surface area (Å²) in [5, 5.41) is 9.30. The fourth-order valence-corrected chi connectivity index (χ4v) is 1.93. The van der Waals surface area contributed by atoms with Crippen LogP contribution in [-0.2, 0) is 6.61 Å². The van der Waals surface area contributed by atoms with Gasteiger partial charge < -0.3 is 9.84 Å². The van der Waals surface area contributed by atoms with E-state index in [-0.39, 0.29) is 18.0 Å². The number of rotatable bonds is 4. The highest BCUT2D eigenvalue weighted by Crippen LogP contribution is 2.23. The molecule has 0 aliphatic carbocycles. The Hall–Kier alpha value is -2.07. The predicted octanol–water partition coefficient (Wildman–Crippen LogP) is 4.06. The van der Waals surface area contributed by atoms with E-state index in [4.69, 9.17) is 21.4 Å². The molecule has 0 amide bonds. The lowest BCUT2D eigenvalue weighted by Gasteiger charge is -2.11. The fourth-order valence-electron chi connectivity index (χ4n) is 1.75. The number of aromatic carboxylic acids is 1. The third-order valence-corrected chi connectivity index (χ3v) is 3.18. The van der Waals surface area contributed by atoms with Gasteiger partial charge in [-0.05, 0) is 48.9 Å². The second-order valence-electron chi connectivity index (χ2n) is 4.31. The van der Waals surface area contributed by atoms with Crippen LogP contribution in [0.1, 0.15) is 21.5 Å². The van der Waals surface area contributed by atoms with Crippen molar-refractivity contribution in [3.05, 3.63) is 63.9 Å². The smallest absolute Gasteiger partial charge is 0.335 e. The lowest BCUT2D eigenvalue weighted by Crippen LogP contribution is -2.01. The van der Waals surface area contributed by atoms with Gasteiger partial charge in [0, 0.05) is 10.6 Å². The van der Waals surface area contributed by atoms with Gasteiger partial charge in [0.15, 0.2) is 0 Å². The minimum Gasteiger partial charge on any atom is -0.489 e. The molecule has 0 spiro atoms. The lowest BCUT2D eigenvalue weighted by atomic mass is 10.1. The molecule has 0 heterocycles. The normalized spacial score (nSPS) is 10.3. The highest BCUT2D eigenvalue weighted by Gasteiger charge is 2.08. The number of hydrogen-bond donors (Lipinski definition) is 1. The zero-order valence-electron chi connectivity index (χ0n) is 10.7. The predicted molar refractivity (Wildman–Crippen MR) is 73.9 cm³/mol. The number of carbonyl (C=O) groups is 1. The molecule has 20 heavy (non-hydrogen) atoms. The topological polar surface area (TPSA) is 46.5 Å². The largest absolute Gasteiger partial charge is 0.489 e. The maximum absolute atomic E-state index is 13.1. The fraction of sp³-hybridized carbons (Fsp3) is 0.133. The Labute approximate surface area is 120 Å². The van der Waals surface area contributed by atoms with Crippen LogP contribution in [0.5, 0.6) is 5.75 Å². The molecule has 104 valence electrons. The number of halogens is 2. The van der Waals surface area contributed by atoms with Crippen molar-refractivity contribution in [2.24, 2.45) is 0 Å². The van der Waals surface area contributed by atoms with Crippen LogP contribution in [0.25, 0.3) is 0 Å². The van der Waals surface area contributed by atoms with Gasteiger partial charge in [-0.15, -0.1) is 0 Å².